The molecular formula is C9H11F3N2O. The molecule has 0 bridgehead atoms. The second kappa shape index (κ2) is 4.06. The molecule has 0 aliphatic carbocycles. The molecule has 0 aliphatic heterocycles. The summed E-state index contributed by atoms with van der Waals surface area (Å²) >= 11 is 0. The summed E-state index contributed by atoms with van der Waals surface area (Å²) in [6.45, 7) is 1.58. The van der Waals surface area contributed by atoms with E-state index in [-0.39, 0.29) is 11.4 Å². The van der Waals surface area contributed by atoms with E-state index in [9.17, 15) is 13.2 Å². The number of rotatable bonds is 2. The van der Waals surface area contributed by atoms with E-state index in [0.717, 1.165) is 0 Å². The predicted octanol–water partition coefficient (Wildman–Crippen LogP) is 1.96. The molecule has 0 aliphatic rings. The fourth-order valence-electron chi connectivity index (χ4n) is 1.14. The molecule has 1 rings (SSSR count). The van der Waals surface area contributed by atoms with Crippen LogP contribution >= 0.6 is 0 Å². The summed E-state index contributed by atoms with van der Waals surface area (Å²) in [6.07, 6.45) is -4.46. The van der Waals surface area contributed by atoms with E-state index in [4.69, 9.17) is 10.5 Å². The van der Waals surface area contributed by atoms with E-state index in [1.54, 1.807) is 6.92 Å². The van der Waals surface area contributed by atoms with Gasteiger partial charge in [-0.2, -0.15) is 13.2 Å². The third-order valence-corrected chi connectivity index (χ3v) is 1.87. The lowest BCUT2D eigenvalue weighted by molar-refractivity contribution is -0.149. The smallest absolute Gasteiger partial charge is 0.407 e. The first-order chi connectivity index (χ1) is 6.84. The summed E-state index contributed by atoms with van der Waals surface area (Å²) in [5.41, 5.74) is 5.44. The highest BCUT2D eigenvalue weighted by Crippen LogP contribution is 2.31. The molecule has 6 heteroatoms. The largest absolute Gasteiger partial charge is 0.481 e. The molecule has 2 N–H and O–H groups in total. The summed E-state index contributed by atoms with van der Waals surface area (Å²) < 4.78 is 41.7. The summed E-state index contributed by atoms with van der Waals surface area (Å²) in [5, 5.41) is 0. The maximum atomic E-state index is 12.3. The Labute approximate surface area is 85.1 Å². The van der Waals surface area contributed by atoms with Crippen LogP contribution in [0.3, 0.4) is 0 Å². The Hall–Kier alpha value is -1.30. The highest BCUT2D eigenvalue weighted by molar-refractivity contribution is 5.27. The molecule has 1 aromatic heterocycles. The Bertz CT molecular complexity index is 352. The number of alkyl halides is 3. The van der Waals surface area contributed by atoms with Crippen LogP contribution in [0.4, 0.5) is 13.2 Å². The van der Waals surface area contributed by atoms with E-state index in [1.807, 2.05) is 0 Å². The first kappa shape index (κ1) is 11.8. The van der Waals surface area contributed by atoms with Crippen molar-refractivity contribution in [2.75, 3.05) is 7.11 Å². The molecule has 84 valence electrons. The average Bonchev–Trinajstić information content (AvgIpc) is 2.14. The van der Waals surface area contributed by atoms with Crippen molar-refractivity contribution >= 4 is 0 Å². The van der Waals surface area contributed by atoms with E-state index in [0.29, 0.717) is 5.69 Å². The molecule has 1 unspecified atom stereocenters. The van der Waals surface area contributed by atoms with Gasteiger partial charge in [-0.3, -0.25) is 0 Å². The summed E-state index contributed by atoms with van der Waals surface area (Å²) in [7, 11) is 1.34. The van der Waals surface area contributed by atoms with Crippen LogP contribution in [0.1, 0.15) is 17.3 Å². The minimum atomic E-state index is -4.46. The second-order valence-electron chi connectivity index (χ2n) is 3.10. The van der Waals surface area contributed by atoms with Crippen molar-refractivity contribution in [3.63, 3.8) is 0 Å². The van der Waals surface area contributed by atoms with Gasteiger partial charge in [0.15, 0.2) is 0 Å². The first-order valence-electron chi connectivity index (χ1n) is 4.19. The summed E-state index contributed by atoms with van der Waals surface area (Å²) in [4.78, 5) is 3.87. The topological polar surface area (TPSA) is 48.1 Å². The van der Waals surface area contributed by atoms with Crippen LogP contribution in [0.5, 0.6) is 5.88 Å². The van der Waals surface area contributed by atoms with Crippen LogP contribution in [0.25, 0.3) is 0 Å². The van der Waals surface area contributed by atoms with Crippen molar-refractivity contribution in [1.29, 1.82) is 0 Å². The lowest BCUT2D eigenvalue weighted by atomic mass is 10.1. The molecule has 15 heavy (non-hydrogen) atoms. The van der Waals surface area contributed by atoms with Gasteiger partial charge in [0, 0.05) is 11.8 Å². The number of nitrogens with zero attached hydrogens (tertiary/aromatic N) is 1. The monoisotopic (exact) mass is 220 g/mol. The van der Waals surface area contributed by atoms with E-state index in [2.05, 4.69) is 4.98 Å². The molecule has 0 amide bonds. The molecule has 0 aromatic carbocycles. The van der Waals surface area contributed by atoms with Crippen LogP contribution in [0, 0.1) is 6.92 Å². The molecule has 0 radical (unpaired) electrons. The van der Waals surface area contributed by atoms with Gasteiger partial charge in [-0.15, -0.1) is 0 Å². The summed E-state index contributed by atoms with van der Waals surface area (Å²) in [6, 6.07) is 0.472. The highest BCUT2D eigenvalue weighted by Gasteiger charge is 2.38. The van der Waals surface area contributed by atoms with Crippen LogP contribution in [0.15, 0.2) is 12.1 Å². The number of halogens is 3. The van der Waals surface area contributed by atoms with Gasteiger partial charge in [0.1, 0.15) is 6.04 Å². The van der Waals surface area contributed by atoms with Gasteiger partial charge in [-0.1, -0.05) is 0 Å². The Kier molecular flexibility index (Phi) is 3.18. The predicted molar refractivity (Wildman–Crippen MR) is 48.5 cm³/mol. The lowest BCUT2D eigenvalue weighted by Gasteiger charge is -2.16. The van der Waals surface area contributed by atoms with Crippen molar-refractivity contribution in [1.82, 2.24) is 4.98 Å². The number of methoxy groups -OCH3 is 1. The summed E-state index contributed by atoms with van der Waals surface area (Å²) in [5.74, 6) is 0.129. The third-order valence-electron chi connectivity index (χ3n) is 1.87. The normalized spacial score (nSPS) is 13.7. The van der Waals surface area contributed by atoms with Crippen molar-refractivity contribution in [3.05, 3.63) is 23.4 Å². The van der Waals surface area contributed by atoms with Gasteiger partial charge in [-0.05, 0) is 18.6 Å². The van der Waals surface area contributed by atoms with Crippen molar-refractivity contribution in [2.45, 2.75) is 19.1 Å². The van der Waals surface area contributed by atoms with E-state index in [1.165, 1.54) is 19.2 Å². The van der Waals surface area contributed by atoms with Crippen molar-refractivity contribution in [2.24, 2.45) is 5.73 Å². The fraction of sp³-hybridized carbons (Fsp3) is 0.444. The van der Waals surface area contributed by atoms with Gasteiger partial charge >= 0.3 is 6.18 Å². The lowest BCUT2D eigenvalue weighted by Crippen LogP contribution is -2.28. The minimum absolute atomic E-state index is 0.0492. The van der Waals surface area contributed by atoms with Crippen molar-refractivity contribution in [3.8, 4) is 5.88 Å². The zero-order valence-corrected chi connectivity index (χ0v) is 8.30. The fourth-order valence-corrected chi connectivity index (χ4v) is 1.14. The zero-order chi connectivity index (χ0) is 11.6. The Morgan fingerprint density at radius 2 is 2.00 bits per heavy atom. The number of pyridine rings is 1. The van der Waals surface area contributed by atoms with Crippen LogP contribution in [0.2, 0.25) is 0 Å². The molecular weight excluding hydrogens is 209 g/mol. The van der Waals surface area contributed by atoms with Crippen LogP contribution in [-0.2, 0) is 0 Å². The van der Waals surface area contributed by atoms with Gasteiger partial charge in [0.25, 0.3) is 0 Å². The molecule has 0 fully saturated rings. The maximum Gasteiger partial charge on any atom is 0.407 e. The molecule has 1 aromatic rings. The standard InChI is InChI=1S/C9H11F3N2O/c1-5-3-6(4-7(14-5)15-2)8(13)9(10,11)12/h3-4,8H,13H2,1-2H3. The number of hydrogen-bond acceptors (Lipinski definition) is 3. The van der Waals surface area contributed by atoms with Gasteiger partial charge < -0.3 is 10.5 Å². The number of ether oxygens (including phenoxy) is 1. The van der Waals surface area contributed by atoms with Gasteiger partial charge in [-0.25, -0.2) is 4.98 Å². The Balaban J connectivity index is 3.09. The number of nitrogens with two attached hydrogens (primary N) is 1. The maximum absolute atomic E-state index is 12.3. The third kappa shape index (κ3) is 2.82. The molecule has 0 saturated heterocycles. The molecule has 1 atom stereocenters. The molecule has 1 heterocycles. The number of hydrogen-bond donors (Lipinski definition) is 1. The molecule has 0 saturated carbocycles. The first-order valence-corrected chi connectivity index (χ1v) is 4.19. The highest BCUT2D eigenvalue weighted by atomic mass is 19.4. The number of aryl methyl sites for hydroxylation is 1. The quantitative estimate of drug-likeness (QED) is 0.828. The van der Waals surface area contributed by atoms with Crippen molar-refractivity contribution < 1.29 is 17.9 Å². The van der Waals surface area contributed by atoms with Gasteiger partial charge in [0.05, 0.1) is 7.11 Å². The van der Waals surface area contributed by atoms with E-state index < -0.39 is 12.2 Å². The van der Waals surface area contributed by atoms with Crippen LogP contribution in [-0.4, -0.2) is 18.3 Å². The SMILES string of the molecule is COc1cc(C(N)C(F)(F)F)cc(C)n1. The number of aromatic nitrogens is 1. The zero-order valence-electron chi connectivity index (χ0n) is 8.30. The molecule has 3 nitrogen and oxygen atoms in total. The Morgan fingerprint density at radius 3 is 2.47 bits per heavy atom. The average molecular weight is 220 g/mol. The van der Waals surface area contributed by atoms with E-state index >= 15 is 0 Å². The van der Waals surface area contributed by atoms with Gasteiger partial charge in [0.2, 0.25) is 5.88 Å². The Morgan fingerprint density at radius 1 is 1.40 bits per heavy atom. The second-order valence-corrected chi connectivity index (χ2v) is 3.10. The minimum Gasteiger partial charge on any atom is -0.481 e. The molecule has 0 spiro atoms. The van der Waals surface area contributed by atoms with Crippen LogP contribution < -0.4 is 10.5 Å².